The standard InChI is InChI=1S/C17H15NO3/c1-12-11-14(20)8-9-15(12)17(21)18-16-7-3-2-5-13(16)6-4-10-19/h2-3,5,7-9,11,19-20H,10H2,1H3,(H,18,21). The number of carbonyl (C=O) groups is 1. The second kappa shape index (κ2) is 6.60. The van der Waals surface area contributed by atoms with Crippen LogP contribution >= 0.6 is 0 Å². The summed E-state index contributed by atoms with van der Waals surface area (Å²) in [5, 5.41) is 20.9. The summed E-state index contributed by atoms with van der Waals surface area (Å²) in [5.41, 5.74) is 2.39. The van der Waals surface area contributed by atoms with Crippen LogP contribution in [0.4, 0.5) is 5.69 Å². The van der Waals surface area contributed by atoms with Crippen molar-refractivity contribution in [2.45, 2.75) is 6.92 Å². The van der Waals surface area contributed by atoms with Crippen molar-refractivity contribution in [3.05, 3.63) is 59.2 Å². The van der Waals surface area contributed by atoms with Crippen LogP contribution in [-0.4, -0.2) is 22.7 Å². The SMILES string of the molecule is Cc1cc(O)ccc1C(=O)Nc1ccccc1C#CCO. The highest BCUT2D eigenvalue weighted by Crippen LogP contribution is 2.19. The van der Waals surface area contributed by atoms with Crippen LogP contribution in [0, 0.1) is 18.8 Å². The normalized spacial score (nSPS) is 9.62. The molecule has 21 heavy (non-hydrogen) atoms. The van der Waals surface area contributed by atoms with Crippen LogP contribution in [0.3, 0.4) is 0 Å². The van der Waals surface area contributed by atoms with Gasteiger partial charge in [-0.25, -0.2) is 0 Å². The number of amides is 1. The third-order valence-electron chi connectivity index (χ3n) is 2.93. The molecule has 0 heterocycles. The van der Waals surface area contributed by atoms with E-state index in [1.165, 1.54) is 12.1 Å². The van der Waals surface area contributed by atoms with Gasteiger partial charge in [-0.1, -0.05) is 24.0 Å². The van der Waals surface area contributed by atoms with Crippen molar-refractivity contribution < 1.29 is 15.0 Å². The summed E-state index contributed by atoms with van der Waals surface area (Å²) in [6.45, 7) is 1.52. The summed E-state index contributed by atoms with van der Waals surface area (Å²) in [6, 6.07) is 11.7. The van der Waals surface area contributed by atoms with Gasteiger partial charge in [-0.2, -0.15) is 0 Å². The van der Waals surface area contributed by atoms with Crippen molar-refractivity contribution in [2.24, 2.45) is 0 Å². The van der Waals surface area contributed by atoms with Gasteiger partial charge < -0.3 is 15.5 Å². The molecule has 0 aliphatic heterocycles. The second-order valence-corrected chi connectivity index (χ2v) is 4.46. The van der Waals surface area contributed by atoms with Crippen molar-refractivity contribution in [1.29, 1.82) is 0 Å². The molecule has 3 N–H and O–H groups in total. The Kier molecular flexibility index (Phi) is 4.60. The molecule has 0 saturated carbocycles. The first-order valence-electron chi connectivity index (χ1n) is 6.41. The molecule has 0 saturated heterocycles. The average molecular weight is 281 g/mol. The molecule has 0 aromatic heterocycles. The lowest BCUT2D eigenvalue weighted by molar-refractivity contribution is 0.102. The van der Waals surface area contributed by atoms with Crippen molar-refractivity contribution in [3.63, 3.8) is 0 Å². The molecular weight excluding hydrogens is 266 g/mol. The zero-order valence-electron chi connectivity index (χ0n) is 11.6. The van der Waals surface area contributed by atoms with Crippen LogP contribution < -0.4 is 5.32 Å². The Morgan fingerprint density at radius 3 is 2.71 bits per heavy atom. The maximum Gasteiger partial charge on any atom is 0.255 e. The third-order valence-corrected chi connectivity index (χ3v) is 2.93. The lowest BCUT2D eigenvalue weighted by atomic mass is 10.1. The number of phenolic OH excluding ortho intramolecular Hbond substituents is 1. The molecule has 4 nitrogen and oxygen atoms in total. The largest absolute Gasteiger partial charge is 0.508 e. The number of benzene rings is 2. The minimum absolute atomic E-state index is 0.123. The van der Waals surface area contributed by atoms with Gasteiger partial charge in [0.2, 0.25) is 0 Å². The van der Waals surface area contributed by atoms with E-state index < -0.39 is 0 Å². The minimum atomic E-state index is -0.272. The van der Waals surface area contributed by atoms with Gasteiger partial charge in [0, 0.05) is 11.1 Å². The van der Waals surface area contributed by atoms with Crippen LogP contribution in [0.2, 0.25) is 0 Å². The molecular formula is C17H15NO3. The number of aromatic hydroxyl groups is 1. The second-order valence-electron chi connectivity index (χ2n) is 4.46. The number of aliphatic hydroxyl groups excluding tert-OH is 1. The Labute approximate surface area is 123 Å². The van der Waals surface area contributed by atoms with Crippen LogP contribution in [0.15, 0.2) is 42.5 Å². The first-order valence-corrected chi connectivity index (χ1v) is 6.41. The van der Waals surface area contributed by atoms with E-state index in [9.17, 15) is 9.90 Å². The van der Waals surface area contributed by atoms with Gasteiger partial charge in [-0.3, -0.25) is 4.79 Å². The van der Waals surface area contributed by atoms with Crippen LogP contribution in [0.5, 0.6) is 5.75 Å². The fourth-order valence-corrected chi connectivity index (χ4v) is 1.93. The first-order chi connectivity index (χ1) is 10.1. The smallest absolute Gasteiger partial charge is 0.255 e. The number of hydrogen-bond acceptors (Lipinski definition) is 3. The predicted octanol–water partition coefficient (Wildman–Crippen LogP) is 2.30. The highest BCUT2D eigenvalue weighted by atomic mass is 16.3. The number of aliphatic hydroxyl groups is 1. The van der Waals surface area contributed by atoms with Crippen molar-refractivity contribution in [2.75, 3.05) is 11.9 Å². The highest BCUT2D eigenvalue weighted by molar-refractivity contribution is 6.06. The molecule has 0 aliphatic rings. The van der Waals surface area contributed by atoms with E-state index in [1.807, 2.05) is 6.07 Å². The summed E-state index contributed by atoms with van der Waals surface area (Å²) in [7, 11) is 0. The molecule has 0 fully saturated rings. The fourth-order valence-electron chi connectivity index (χ4n) is 1.93. The molecule has 0 bridgehead atoms. The Morgan fingerprint density at radius 2 is 2.00 bits per heavy atom. The molecule has 0 atom stereocenters. The van der Waals surface area contributed by atoms with Crippen LogP contribution in [0.25, 0.3) is 0 Å². The topological polar surface area (TPSA) is 69.6 Å². The van der Waals surface area contributed by atoms with E-state index in [0.29, 0.717) is 22.4 Å². The number of anilines is 1. The van der Waals surface area contributed by atoms with Crippen LogP contribution in [0.1, 0.15) is 21.5 Å². The summed E-state index contributed by atoms with van der Waals surface area (Å²) in [6.07, 6.45) is 0. The molecule has 106 valence electrons. The van der Waals surface area contributed by atoms with E-state index in [4.69, 9.17) is 5.11 Å². The van der Waals surface area contributed by atoms with E-state index in [-0.39, 0.29) is 18.3 Å². The molecule has 2 aromatic carbocycles. The summed E-state index contributed by atoms with van der Waals surface area (Å²) in [4.78, 5) is 12.3. The van der Waals surface area contributed by atoms with Crippen LogP contribution in [-0.2, 0) is 0 Å². The highest BCUT2D eigenvalue weighted by Gasteiger charge is 2.11. The number of carbonyl (C=O) groups excluding carboxylic acids is 1. The summed E-state index contributed by atoms with van der Waals surface area (Å²) in [5.74, 6) is 5.20. The maximum absolute atomic E-state index is 12.3. The summed E-state index contributed by atoms with van der Waals surface area (Å²) >= 11 is 0. The Balaban J connectivity index is 2.27. The fraction of sp³-hybridized carbons (Fsp3) is 0.118. The van der Waals surface area contributed by atoms with Gasteiger partial charge >= 0.3 is 0 Å². The maximum atomic E-state index is 12.3. The van der Waals surface area contributed by atoms with Gasteiger partial charge in [-0.05, 0) is 42.8 Å². The van der Waals surface area contributed by atoms with E-state index in [0.717, 1.165) is 0 Å². The van der Waals surface area contributed by atoms with Crippen molar-refractivity contribution in [1.82, 2.24) is 0 Å². The average Bonchev–Trinajstić information content (AvgIpc) is 2.46. The van der Waals surface area contributed by atoms with E-state index >= 15 is 0 Å². The lowest BCUT2D eigenvalue weighted by Crippen LogP contribution is -2.14. The Morgan fingerprint density at radius 1 is 1.24 bits per heavy atom. The van der Waals surface area contributed by atoms with Crippen molar-refractivity contribution >= 4 is 11.6 Å². The van der Waals surface area contributed by atoms with Gasteiger partial charge in [0.1, 0.15) is 12.4 Å². The van der Waals surface area contributed by atoms with Gasteiger partial charge in [0.15, 0.2) is 0 Å². The Hall–Kier alpha value is -2.77. The van der Waals surface area contributed by atoms with Gasteiger partial charge in [0.25, 0.3) is 5.91 Å². The summed E-state index contributed by atoms with van der Waals surface area (Å²) < 4.78 is 0. The molecule has 4 heteroatoms. The zero-order chi connectivity index (χ0) is 15.2. The molecule has 0 aliphatic carbocycles. The molecule has 0 unspecified atom stereocenters. The van der Waals surface area contributed by atoms with Gasteiger partial charge in [0.05, 0.1) is 5.69 Å². The Bertz CT molecular complexity index is 726. The van der Waals surface area contributed by atoms with E-state index in [1.54, 1.807) is 31.2 Å². The zero-order valence-corrected chi connectivity index (χ0v) is 11.6. The van der Waals surface area contributed by atoms with Gasteiger partial charge in [-0.15, -0.1) is 0 Å². The molecule has 0 spiro atoms. The van der Waals surface area contributed by atoms with Crippen molar-refractivity contribution in [3.8, 4) is 17.6 Å². The van der Waals surface area contributed by atoms with E-state index in [2.05, 4.69) is 17.2 Å². The first kappa shape index (κ1) is 14.6. The molecule has 1 amide bonds. The molecule has 0 radical (unpaired) electrons. The number of aryl methyl sites for hydroxylation is 1. The number of hydrogen-bond donors (Lipinski definition) is 3. The number of nitrogens with one attached hydrogen (secondary N) is 1. The molecule has 2 rings (SSSR count). The number of para-hydroxylation sites is 1. The quantitative estimate of drug-likeness (QED) is 0.740. The molecule has 2 aromatic rings. The number of rotatable bonds is 2. The third kappa shape index (κ3) is 3.62. The monoisotopic (exact) mass is 281 g/mol. The number of phenols is 1. The lowest BCUT2D eigenvalue weighted by Gasteiger charge is -2.09. The predicted molar refractivity (Wildman–Crippen MR) is 81.2 cm³/mol. The minimum Gasteiger partial charge on any atom is -0.508 e.